The van der Waals surface area contributed by atoms with Crippen LogP contribution in [0, 0.1) is 0 Å². The lowest BCUT2D eigenvalue weighted by atomic mass is 10.3. The Labute approximate surface area is 113 Å². The average molecular weight is 282 g/mol. The molecule has 0 bridgehead atoms. The van der Waals surface area contributed by atoms with E-state index in [-0.39, 0.29) is 5.82 Å². The van der Waals surface area contributed by atoms with Gasteiger partial charge in [0.1, 0.15) is 10.6 Å². The highest BCUT2D eigenvalue weighted by molar-refractivity contribution is 7.11. The number of aromatic nitrogens is 4. The van der Waals surface area contributed by atoms with Crippen molar-refractivity contribution in [3.8, 4) is 0 Å². The van der Waals surface area contributed by atoms with Crippen molar-refractivity contribution in [2.75, 3.05) is 24.2 Å². The second kappa shape index (κ2) is 6.14. The Morgan fingerprint density at radius 1 is 1.63 bits per heavy atom. The number of carbonyl (C=O) groups is 1. The highest BCUT2D eigenvalue weighted by Gasteiger charge is 2.20. The van der Waals surface area contributed by atoms with E-state index in [2.05, 4.69) is 20.0 Å². The van der Waals surface area contributed by atoms with Crippen molar-refractivity contribution in [1.29, 1.82) is 0 Å². The molecular weight excluding hydrogens is 268 g/mol. The maximum Gasteiger partial charge on any atom is 0.344 e. The number of anilines is 2. The largest absolute Gasteiger partial charge is 0.462 e. The first-order chi connectivity index (χ1) is 9.22. The van der Waals surface area contributed by atoms with Gasteiger partial charge in [-0.2, -0.15) is 4.37 Å². The number of ether oxygens (including phenoxy) is 1. The number of nitrogens with zero attached hydrogens (tertiary/aromatic N) is 4. The van der Waals surface area contributed by atoms with E-state index in [1.807, 2.05) is 0 Å². The highest BCUT2D eigenvalue weighted by Crippen LogP contribution is 2.27. The molecule has 0 aliphatic carbocycles. The van der Waals surface area contributed by atoms with E-state index in [9.17, 15) is 4.79 Å². The molecule has 8 nitrogen and oxygen atoms in total. The zero-order valence-electron chi connectivity index (χ0n) is 10.4. The predicted octanol–water partition coefficient (Wildman–Crippen LogP) is 0.606. The van der Waals surface area contributed by atoms with Gasteiger partial charge in [0.2, 0.25) is 0 Å². The van der Waals surface area contributed by atoms with Gasteiger partial charge in [-0.3, -0.25) is 4.68 Å². The number of nitrogens with one attached hydrogen (secondary N) is 1. The van der Waals surface area contributed by atoms with Gasteiger partial charge in [-0.05, 0) is 18.5 Å². The molecule has 0 atom stereocenters. The van der Waals surface area contributed by atoms with Gasteiger partial charge in [0.15, 0.2) is 5.82 Å². The van der Waals surface area contributed by atoms with Crippen LogP contribution in [0.25, 0.3) is 0 Å². The topological polar surface area (TPSA) is 108 Å². The lowest BCUT2D eigenvalue weighted by Crippen LogP contribution is -2.14. The Kier molecular flexibility index (Phi) is 4.29. The van der Waals surface area contributed by atoms with E-state index in [1.165, 1.54) is 0 Å². The van der Waals surface area contributed by atoms with Crippen molar-refractivity contribution in [3.63, 3.8) is 0 Å². The van der Waals surface area contributed by atoms with Crippen LogP contribution in [0.2, 0.25) is 0 Å². The first-order valence-corrected chi connectivity index (χ1v) is 6.50. The number of carbonyl (C=O) groups excluding carboxylic acids is 1. The SMILES string of the molecule is CCOC(=O)c1c(N)nsc1NCCn1ccnn1. The minimum Gasteiger partial charge on any atom is -0.462 e. The Balaban J connectivity index is 1.98. The van der Waals surface area contributed by atoms with E-state index in [0.29, 0.717) is 30.3 Å². The van der Waals surface area contributed by atoms with E-state index < -0.39 is 5.97 Å². The van der Waals surface area contributed by atoms with Crippen LogP contribution in [0.1, 0.15) is 17.3 Å². The molecule has 2 aromatic rings. The number of hydrogen-bond donors (Lipinski definition) is 2. The third-order valence-corrected chi connectivity index (χ3v) is 3.12. The quantitative estimate of drug-likeness (QED) is 0.747. The summed E-state index contributed by atoms with van der Waals surface area (Å²) in [5.41, 5.74) is 5.97. The summed E-state index contributed by atoms with van der Waals surface area (Å²) < 4.78 is 10.6. The molecule has 3 N–H and O–H groups in total. The molecule has 0 radical (unpaired) electrons. The third kappa shape index (κ3) is 3.19. The van der Waals surface area contributed by atoms with Gasteiger partial charge < -0.3 is 15.8 Å². The standard InChI is InChI=1S/C10H14N6O2S/c1-2-18-10(17)7-8(11)14-19-9(7)12-3-5-16-6-4-13-15-16/h4,6,12H,2-3,5H2,1H3,(H2,11,14). The number of nitrogens with two attached hydrogens (primary N) is 1. The predicted molar refractivity (Wildman–Crippen MR) is 71.0 cm³/mol. The van der Waals surface area contributed by atoms with Crippen LogP contribution in [-0.2, 0) is 11.3 Å². The van der Waals surface area contributed by atoms with Crippen molar-refractivity contribution in [3.05, 3.63) is 18.0 Å². The van der Waals surface area contributed by atoms with Gasteiger partial charge >= 0.3 is 5.97 Å². The molecule has 19 heavy (non-hydrogen) atoms. The van der Waals surface area contributed by atoms with Crippen LogP contribution in [0.15, 0.2) is 12.4 Å². The highest BCUT2D eigenvalue weighted by atomic mass is 32.1. The maximum absolute atomic E-state index is 11.7. The smallest absolute Gasteiger partial charge is 0.344 e. The first kappa shape index (κ1) is 13.3. The summed E-state index contributed by atoms with van der Waals surface area (Å²) in [5.74, 6) is -0.274. The van der Waals surface area contributed by atoms with Crippen LogP contribution >= 0.6 is 11.5 Å². The monoisotopic (exact) mass is 282 g/mol. The molecule has 2 heterocycles. The minimum atomic E-state index is -0.461. The van der Waals surface area contributed by atoms with Gasteiger partial charge in [-0.1, -0.05) is 5.21 Å². The molecule has 9 heteroatoms. The second-order valence-corrected chi connectivity index (χ2v) is 4.36. The fourth-order valence-corrected chi connectivity index (χ4v) is 2.19. The van der Waals surface area contributed by atoms with Gasteiger partial charge in [0.25, 0.3) is 0 Å². The van der Waals surface area contributed by atoms with Gasteiger partial charge in [0.05, 0.1) is 19.3 Å². The molecule has 0 spiro atoms. The Morgan fingerprint density at radius 2 is 2.47 bits per heavy atom. The number of rotatable bonds is 6. The molecule has 0 amide bonds. The van der Waals surface area contributed by atoms with Crippen molar-refractivity contribution < 1.29 is 9.53 Å². The summed E-state index contributed by atoms with van der Waals surface area (Å²) in [4.78, 5) is 11.7. The van der Waals surface area contributed by atoms with E-state index in [1.54, 1.807) is 24.0 Å². The summed E-state index contributed by atoms with van der Waals surface area (Å²) in [6, 6.07) is 0. The number of hydrogen-bond acceptors (Lipinski definition) is 8. The normalized spacial score (nSPS) is 10.4. The summed E-state index contributed by atoms with van der Waals surface area (Å²) in [7, 11) is 0. The average Bonchev–Trinajstić information content (AvgIpc) is 3.00. The molecule has 2 rings (SSSR count). The first-order valence-electron chi connectivity index (χ1n) is 5.72. The summed E-state index contributed by atoms with van der Waals surface area (Å²) >= 11 is 1.14. The van der Waals surface area contributed by atoms with Crippen LogP contribution in [0.4, 0.5) is 10.8 Å². The van der Waals surface area contributed by atoms with Crippen molar-refractivity contribution >= 4 is 28.3 Å². The Morgan fingerprint density at radius 3 is 3.16 bits per heavy atom. The van der Waals surface area contributed by atoms with E-state index in [0.717, 1.165) is 11.5 Å². The fourth-order valence-electron chi connectivity index (χ4n) is 1.46. The molecule has 0 saturated carbocycles. The molecular formula is C10H14N6O2S. The van der Waals surface area contributed by atoms with Gasteiger partial charge in [-0.25, -0.2) is 4.79 Å². The molecule has 0 saturated heterocycles. The van der Waals surface area contributed by atoms with Crippen LogP contribution in [0.3, 0.4) is 0 Å². The minimum absolute atomic E-state index is 0.187. The molecule has 0 aliphatic heterocycles. The zero-order chi connectivity index (χ0) is 13.7. The maximum atomic E-state index is 11.7. The second-order valence-electron chi connectivity index (χ2n) is 3.59. The van der Waals surface area contributed by atoms with Crippen LogP contribution < -0.4 is 11.1 Å². The van der Waals surface area contributed by atoms with Crippen molar-refractivity contribution in [2.24, 2.45) is 0 Å². The number of nitrogen functional groups attached to an aromatic ring is 1. The molecule has 0 aliphatic rings. The van der Waals surface area contributed by atoms with Crippen LogP contribution in [0.5, 0.6) is 0 Å². The fraction of sp³-hybridized carbons (Fsp3) is 0.400. The Bertz CT molecular complexity index is 538. The molecule has 2 aromatic heterocycles. The third-order valence-electron chi connectivity index (χ3n) is 2.30. The summed E-state index contributed by atoms with van der Waals surface area (Å²) in [5, 5.41) is 11.2. The van der Waals surface area contributed by atoms with Crippen molar-refractivity contribution in [2.45, 2.75) is 13.5 Å². The summed E-state index contributed by atoms with van der Waals surface area (Å²) in [6.45, 7) is 3.25. The molecule has 0 aromatic carbocycles. The van der Waals surface area contributed by atoms with E-state index in [4.69, 9.17) is 10.5 Å². The van der Waals surface area contributed by atoms with Gasteiger partial charge in [-0.15, -0.1) is 5.10 Å². The summed E-state index contributed by atoms with van der Waals surface area (Å²) in [6.07, 6.45) is 3.36. The van der Waals surface area contributed by atoms with Crippen LogP contribution in [-0.4, -0.2) is 38.5 Å². The van der Waals surface area contributed by atoms with E-state index >= 15 is 0 Å². The molecule has 102 valence electrons. The van der Waals surface area contributed by atoms with Gasteiger partial charge in [0, 0.05) is 12.7 Å². The lowest BCUT2D eigenvalue weighted by Gasteiger charge is -2.06. The number of esters is 1. The lowest BCUT2D eigenvalue weighted by molar-refractivity contribution is 0.0529. The van der Waals surface area contributed by atoms with Crippen molar-refractivity contribution in [1.82, 2.24) is 19.4 Å². The molecule has 0 fully saturated rings. The Hall–Kier alpha value is -2.16. The molecule has 0 unspecified atom stereocenters. The zero-order valence-corrected chi connectivity index (χ0v) is 11.2.